The number of sulfone groups is 2. The number of aliphatic imine (C=N–C) groups is 1. The summed E-state index contributed by atoms with van der Waals surface area (Å²) in [6.45, 7) is 3.01. The van der Waals surface area contributed by atoms with Crippen LogP contribution in [0.15, 0.2) is 16.6 Å². The van der Waals surface area contributed by atoms with E-state index in [2.05, 4.69) is 4.99 Å². The highest BCUT2D eigenvalue weighted by atomic mass is 32.2. The Kier molecular flexibility index (Phi) is 2.82. The van der Waals surface area contributed by atoms with Crippen molar-refractivity contribution in [2.75, 3.05) is 5.75 Å². The summed E-state index contributed by atoms with van der Waals surface area (Å²) in [6, 6.07) is 0. The summed E-state index contributed by atoms with van der Waals surface area (Å²) < 4.78 is 45.2. The van der Waals surface area contributed by atoms with Gasteiger partial charge in [-0.2, -0.15) is 0 Å². The quantitative estimate of drug-likeness (QED) is 0.697. The summed E-state index contributed by atoms with van der Waals surface area (Å²) in [4.78, 5) is 3.53. The fourth-order valence-corrected chi connectivity index (χ4v) is 3.29. The predicted octanol–water partition coefficient (Wildman–Crippen LogP) is 0.108. The molecular weight excluding hydrogens is 226 g/mol. The molecule has 14 heavy (non-hydrogen) atoms. The molecule has 7 heteroatoms. The molecule has 0 aliphatic carbocycles. The molecule has 0 N–H and O–H groups in total. The third kappa shape index (κ3) is 2.21. The van der Waals surface area contributed by atoms with Gasteiger partial charge in [-0.3, -0.25) is 0 Å². The van der Waals surface area contributed by atoms with E-state index in [1.54, 1.807) is 0 Å². The lowest BCUT2D eigenvalue weighted by molar-refractivity contribution is 0.590. The highest BCUT2D eigenvalue weighted by Crippen LogP contribution is 2.11. The molecule has 0 spiro atoms. The maximum Gasteiger partial charge on any atom is 0.215 e. The van der Waals surface area contributed by atoms with Crippen LogP contribution in [0.2, 0.25) is 0 Å². The standard InChI is InChI=1S/C7H11NO4S2/c1-6(2)14(11,12)5-7-8-3-4-13(7,9)10/h3-4,6H,5H2,1-2H3. The van der Waals surface area contributed by atoms with Crippen LogP contribution in [-0.2, 0) is 19.7 Å². The predicted molar refractivity (Wildman–Crippen MR) is 54.4 cm³/mol. The van der Waals surface area contributed by atoms with Gasteiger partial charge in [0.05, 0.1) is 10.7 Å². The molecule has 1 rings (SSSR count). The Labute approximate surface area is 83.4 Å². The molecule has 80 valence electrons. The first-order chi connectivity index (χ1) is 6.26. The highest BCUT2D eigenvalue weighted by Gasteiger charge is 2.28. The second kappa shape index (κ2) is 3.47. The molecule has 0 saturated heterocycles. The van der Waals surface area contributed by atoms with Gasteiger partial charge < -0.3 is 0 Å². The van der Waals surface area contributed by atoms with Crippen LogP contribution in [-0.4, -0.2) is 32.9 Å². The molecule has 1 heterocycles. The Balaban J connectivity index is 2.95. The second-order valence-corrected chi connectivity index (χ2v) is 7.60. The Hall–Kier alpha value is -0.690. The molecule has 0 atom stereocenters. The van der Waals surface area contributed by atoms with Gasteiger partial charge in [0.15, 0.2) is 14.9 Å². The zero-order valence-electron chi connectivity index (χ0n) is 7.84. The fourth-order valence-electron chi connectivity index (χ4n) is 0.804. The molecule has 0 aromatic rings. The minimum atomic E-state index is -3.56. The molecule has 1 aliphatic rings. The lowest BCUT2D eigenvalue weighted by atomic mass is 10.6. The van der Waals surface area contributed by atoms with Gasteiger partial charge in [-0.05, 0) is 13.8 Å². The first kappa shape index (κ1) is 11.4. The Morgan fingerprint density at radius 1 is 1.43 bits per heavy atom. The number of nitrogens with zero attached hydrogens (tertiary/aromatic N) is 1. The molecule has 0 bridgehead atoms. The molecule has 0 amide bonds. The van der Waals surface area contributed by atoms with E-state index < -0.39 is 30.7 Å². The average Bonchev–Trinajstić information content (AvgIpc) is 2.30. The van der Waals surface area contributed by atoms with Crippen LogP contribution in [0.5, 0.6) is 0 Å². The summed E-state index contributed by atoms with van der Waals surface area (Å²) >= 11 is 0. The summed E-state index contributed by atoms with van der Waals surface area (Å²) in [5.74, 6) is -0.514. The van der Waals surface area contributed by atoms with E-state index in [0.717, 1.165) is 11.6 Å². The summed E-state index contributed by atoms with van der Waals surface area (Å²) in [7, 11) is -6.97. The van der Waals surface area contributed by atoms with Crippen molar-refractivity contribution in [1.29, 1.82) is 0 Å². The molecule has 0 saturated carbocycles. The summed E-state index contributed by atoms with van der Waals surface area (Å²) in [6.07, 6.45) is 1.10. The van der Waals surface area contributed by atoms with Gasteiger partial charge in [0, 0.05) is 6.20 Å². The van der Waals surface area contributed by atoms with Crippen molar-refractivity contribution in [2.24, 2.45) is 4.99 Å². The highest BCUT2D eigenvalue weighted by molar-refractivity contribution is 8.11. The molecule has 0 aromatic carbocycles. The van der Waals surface area contributed by atoms with Gasteiger partial charge >= 0.3 is 0 Å². The van der Waals surface area contributed by atoms with E-state index in [0.29, 0.717) is 0 Å². The lowest BCUT2D eigenvalue weighted by Gasteiger charge is -2.06. The SMILES string of the molecule is CC(C)S(=O)(=O)CC1=NC=CS1(=O)=O. The number of rotatable bonds is 3. The largest absolute Gasteiger partial charge is 0.247 e. The van der Waals surface area contributed by atoms with Crippen LogP contribution in [0.25, 0.3) is 0 Å². The first-order valence-corrected chi connectivity index (χ1v) is 7.22. The van der Waals surface area contributed by atoms with Gasteiger partial charge in [0.1, 0.15) is 5.75 Å². The van der Waals surface area contributed by atoms with Crippen LogP contribution < -0.4 is 0 Å². The van der Waals surface area contributed by atoms with Crippen molar-refractivity contribution in [1.82, 2.24) is 0 Å². The van der Waals surface area contributed by atoms with E-state index in [-0.39, 0.29) is 5.04 Å². The van der Waals surface area contributed by atoms with Crippen molar-refractivity contribution in [3.8, 4) is 0 Å². The molecule has 0 radical (unpaired) electrons. The molecule has 0 fully saturated rings. The third-order valence-electron chi connectivity index (χ3n) is 1.83. The van der Waals surface area contributed by atoms with E-state index >= 15 is 0 Å². The lowest BCUT2D eigenvalue weighted by Crippen LogP contribution is -2.26. The molecule has 0 aromatic heterocycles. The number of hydrogen-bond donors (Lipinski definition) is 0. The van der Waals surface area contributed by atoms with Crippen molar-refractivity contribution in [3.05, 3.63) is 11.6 Å². The van der Waals surface area contributed by atoms with E-state index in [4.69, 9.17) is 0 Å². The second-order valence-electron chi connectivity index (χ2n) is 3.21. The molecule has 0 unspecified atom stereocenters. The van der Waals surface area contributed by atoms with Crippen molar-refractivity contribution in [3.63, 3.8) is 0 Å². The topological polar surface area (TPSA) is 80.6 Å². The van der Waals surface area contributed by atoms with Crippen LogP contribution >= 0.6 is 0 Å². The minimum Gasteiger partial charge on any atom is -0.247 e. The van der Waals surface area contributed by atoms with Crippen molar-refractivity contribution >= 4 is 24.7 Å². The van der Waals surface area contributed by atoms with Crippen LogP contribution in [0.4, 0.5) is 0 Å². The normalized spacial score (nSPS) is 20.1. The zero-order chi connectivity index (χ0) is 11.0. The maximum atomic E-state index is 11.4. The van der Waals surface area contributed by atoms with E-state index in [1.165, 1.54) is 13.8 Å². The first-order valence-electron chi connectivity index (χ1n) is 3.95. The molecule has 5 nitrogen and oxygen atoms in total. The Morgan fingerprint density at radius 2 is 2.00 bits per heavy atom. The van der Waals surface area contributed by atoms with Gasteiger partial charge in [-0.25, -0.2) is 21.8 Å². The summed E-state index contributed by atoms with van der Waals surface area (Å²) in [5, 5.41) is 0.0188. The third-order valence-corrected chi connectivity index (χ3v) is 5.51. The Bertz CT molecular complexity index is 482. The summed E-state index contributed by atoms with van der Waals surface area (Å²) in [5.41, 5.74) is 0. The number of hydrogen-bond acceptors (Lipinski definition) is 5. The van der Waals surface area contributed by atoms with E-state index in [1.807, 2.05) is 0 Å². The maximum absolute atomic E-state index is 11.4. The monoisotopic (exact) mass is 237 g/mol. The average molecular weight is 237 g/mol. The van der Waals surface area contributed by atoms with Gasteiger partial charge in [0.2, 0.25) is 9.84 Å². The molecule has 1 aliphatic heterocycles. The van der Waals surface area contributed by atoms with Gasteiger partial charge in [-0.1, -0.05) is 0 Å². The van der Waals surface area contributed by atoms with Crippen molar-refractivity contribution in [2.45, 2.75) is 19.1 Å². The van der Waals surface area contributed by atoms with Crippen LogP contribution in [0.1, 0.15) is 13.8 Å². The smallest absolute Gasteiger partial charge is 0.215 e. The van der Waals surface area contributed by atoms with Crippen molar-refractivity contribution < 1.29 is 16.8 Å². The minimum absolute atomic E-state index is 0.286. The van der Waals surface area contributed by atoms with Crippen LogP contribution in [0, 0.1) is 0 Å². The van der Waals surface area contributed by atoms with Gasteiger partial charge in [-0.15, -0.1) is 0 Å². The fraction of sp³-hybridized carbons (Fsp3) is 0.571. The van der Waals surface area contributed by atoms with E-state index in [9.17, 15) is 16.8 Å². The Morgan fingerprint density at radius 3 is 2.36 bits per heavy atom. The van der Waals surface area contributed by atoms with Gasteiger partial charge in [0.25, 0.3) is 0 Å². The van der Waals surface area contributed by atoms with Crippen LogP contribution in [0.3, 0.4) is 0 Å². The zero-order valence-corrected chi connectivity index (χ0v) is 9.47. The molecular formula is C7H11NO4S2.